The molecule has 3 nitrogen and oxygen atoms in total. The SMILES string of the molecule is CCc1ccc(CC)c2c1[C@@H](CC)C[C@@H]2N1C(=O)C=CC1=O. The first-order valence-electron chi connectivity index (χ1n) is 8.32. The van der Waals surface area contributed by atoms with Gasteiger partial charge in [-0.3, -0.25) is 14.5 Å². The standard InChI is InChI=1S/C19H23NO2/c1-4-12-7-8-13(5-2)19-15(11-14(6-3)18(12)19)20-16(21)9-10-17(20)22/h7-10,14-15H,4-6,11H2,1-3H3/t14-,15-/m0/s1. The number of carbonyl (C=O) groups is 2. The second kappa shape index (κ2) is 5.71. The van der Waals surface area contributed by atoms with Gasteiger partial charge in [-0.25, -0.2) is 0 Å². The van der Waals surface area contributed by atoms with Crippen LogP contribution in [0.5, 0.6) is 0 Å². The van der Waals surface area contributed by atoms with E-state index >= 15 is 0 Å². The molecule has 0 N–H and O–H groups in total. The molecule has 1 aromatic carbocycles. The van der Waals surface area contributed by atoms with Crippen molar-refractivity contribution in [2.24, 2.45) is 0 Å². The molecule has 0 saturated heterocycles. The van der Waals surface area contributed by atoms with Gasteiger partial charge in [-0.15, -0.1) is 0 Å². The van der Waals surface area contributed by atoms with E-state index in [-0.39, 0.29) is 17.9 Å². The highest BCUT2D eigenvalue weighted by molar-refractivity contribution is 6.13. The van der Waals surface area contributed by atoms with Crippen molar-refractivity contribution in [3.05, 3.63) is 46.5 Å². The largest absolute Gasteiger partial charge is 0.269 e. The summed E-state index contributed by atoms with van der Waals surface area (Å²) in [6.45, 7) is 6.51. The third-order valence-corrected chi connectivity index (χ3v) is 5.13. The molecule has 0 aromatic heterocycles. The van der Waals surface area contributed by atoms with Crippen LogP contribution in [0.15, 0.2) is 24.3 Å². The number of hydrogen-bond acceptors (Lipinski definition) is 2. The first kappa shape index (κ1) is 15.0. The van der Waals surface area contributed by atoms with E-state index in [4.69, 9.17) is 0 Å². The van der Waals surface area contributed by atoms with Crippen LogP contribution in [0.25, 0.3) is 0 Å². The molecule has 0 unspecified atom stereocenters. The normalized spacial score (nSPS) is 23.5. The number of benzene rings is 1. The summed E-state index contributed by atoms with van der Waals surface area (Å²) in [4.78, 5) is 25.8. The molecule has 1 heterocycles. The lowest BCUT2D eigenvalue weighted by atomic mass is 9.89. The van der Waals surface area contributed by atoms with Gasteiger partial charge in [-0.05, 0) is 53.9 Å². The third kappa shape index (κ3) is 2.11. The maximum absolute atomic E-state index is 12.1. The van der Waals surface area contributed by atoms with Crippen LogP contribution in [-0.2, 0) is 22.4 Å². The Morgan fingerprint density at radius 1 is 0.955 bits per heavy atom. The zero-order chi connectivity index (χ0) is 15.9. The molecule has 3 rings (SSSR count). The number of fused-ring (bicyclic) bond motifs is 1. The van der Waals surface area contributed by atoms with Crippen LogP contribution in [0.2, 0.25) is 0 Å². The first-order chi connectivity index (χ1) is 10.6. The maximum Gasteiger partial charge on any atom is 0.254 e. The second-order valence-electron chi connectivity index (χ2n) is 6.15. The summed E-state index contributed by atoms with van der Waals surface area (Å²) in [5, 5.41) is 0. The van der Waals surface area contributed by atoms with Crippen molar-refractivity contribution in [1.82, 2.24) is 4.90 Å². The quantitative estimate of drug-likeness (QED) is 0.795. The van der Waals surface area contributed by atoms with E-state index in [2.05, 4.69) is 32.9 Å². The Morgan fingerprint density at radius 2 is 1.50 bits per heavy atom. The summed E-state index contributed by atoms with van der Waals surface area (Å²) >= 11 is 0. The minimum atomic E-state index is -0.165. The minimum absolute atomic E-state index is 0.0867. The van der Waals surface area contributed by atoms with Gasteiger partial charge in [-0.1, -0.05) is 32.9 Å². The number of imide groups is 1. The lowest BCUT2D eigenvalue weighted by Crippen LogP contribution is -2.33. The highest BCUT2D eigenvalue weighted by Gasteiger charge is 2.41. The van der Waals surface area contributed by atoms with Gasteiger partial charge >= 0.3 is 0 Å². The molecule has 1 aromatic rings. The predicted molar refractivity (Wildman–Crippen MR) is 86.6 cm³/mol. The van der Waals surface area contributed by atoms with Crippen molar-refractivity contribution in [2.75, 3.05) is 0 Å². The van der Waals surface area contributed by atoms with Gasteiger partial charge in [0.1, 0.15) is 0 Å². The molecule has 2 amide bonds. The fourth-order valence-electron chi connectivity index (χ4n) is 4.05. The van der Waals surface area contributed by atoms with Gasteiger partial charge in [0.25, 0.3) is 11.8 Å². The zero-order valence-corrected chi connectivity index (χ0v) is 13.6. The Bertz CT molecular complexity index is 642. The Hall–Kier alpha value is -1.90. The van der Waals surface area contributed by atoms with Crippen LogP contribution in [-0.4, -0.2) is 16.7 Å². The Balaban J connectivity index is 2.15. The Labute approximate surface area is 132 Å². The average Bonchev–Trinajstić information content (AvgIpc) is 3.07. The number of hydrogen-bond donors (Lipinski definition) is 0. The minimum Gasteiger partial charge on any atom is -0.269 e. The number of aryl methyl sites for hydroxylation is 2. The van der Waals surface area contributed by atoms with Crippen molar-refractivity contribution >= 4 is 11.8 Å². The van der Waals surface area contributed by atoms with Crippen LogP contribution in [0.3, 0.4) is 0 Å². The van der Waals surface area contributed by atoms with Gasteiger partial charge in [0, 0.05) is 12.2 Å². The lowest BCUT2D eigenvalue weighted by molar-refractivity contribution is -0.139. The smallest absolute Gasteiger partial charge is 0.254 e. The summed E-state index contributed by atoms with van der Waals surface area (Å²) in [6.07, 6.45) is 6.65. The number of nitrogens with zero attached hydrogens (tertiary/aromatic N) is 1. The van der Waals surface area contributed by atoms with E-state index in [1.54, 1.807) is 0 Å². The monoisotopic (exact) mass is 297 g/mol. The molecule has 116 valence electrons. The van der Waals surface area contributed by atoms with E-state index in [9.17, 15) is 9.59 Å². The fraction of sp³-hybridized carbons (Fsp3) is 0.474. The summed E-state index contributed by atoms with van der Waals surface area (Å²) in [5.74, 6) is 0.117. The summed E-state index contributed by atoms with van der Waals surface area (Å²) < 4.78 is 0. The van der Waals surface area contributed by atoms with Gasteiger partial charge in [0.2, 0.25) is 0 Å². The number of amides is 2. The molecule has 3 heteroatoms. The molecule has 22 heavy (non-hydrogen) atoms. The highest BCUT2D eigenvalue weighted by atomic mass is 16.2. The first-order valence-corrected chi connectivity index (χ1v) is 8.32. The van der Waals surface area contributed by atoms with Gasteiger partial charge in [0.05, 0.1) is 6.04 Å². The van der Waals surface area contributed by atoms with Crippen molar-refractivity contribution < 1.29 is 9.59 Å². The molecule has 1 aliphatic heterocycles. The topological polar surface area (TPSA) is 37.4 Å². The Kier molecular flexibility index (Phi) is 3.90. The van der Waals surface area contributed by atoms with Crippen LogP contribution >= 0.6 is 0 Å². The molecule has 1 aliphatic carbocycles. The van der Waals surface area contributed by atoms with Crippen LogP contribution in [0, 0.1) is 0 Å². The van der Waals surface area contributed by atoms with E-state index in [1.165, 1.54) is 39.3 Å². The van der Waals surface area contributed by atoms with Crippen molar-refractivity contribution in [3.63, 3.8) is 0 Å². The molecule has 0 spiro atoms. The molecule has 2 atom stereocenters. The zero-order valence-electron chi connectivity index (χ0n) is 13.6. The van der Waals surface area contributed by atoms with Gasteiger partial charge in [-0.2, -0.15) is 0 Å². The second-order valence-corrected chi connectivity index (χ2v) is 6.15. The van der Waals surface area contributed by atoms with E-state index < -0.39 is 0 Å². The summed E-state index contributed by atoms with van der Waals surface area (Å²) in [6, 6.07) is 4.33. The molecule has 0 saturated carbocycles. The third-order valence-electron chi connectivity index (χ3n) is 5.13. The number of rotatable bonds is 4. The lowest BCUT2D eigenvalue weighted by Gasteiger charge is -2.25. The van der Waals surface area contributed by atoms with Crippen LogP contribution in [0.1, 0.15) is 67.8 Å². The molecule has 0 bridgehead atoms. The summed E-state index contributed by atoms with van der Waals surface area (Å²) in [5.41, 5.74) is 5.30. The molecule has 2 aliphatic rings. The Morgan fingerprint density at radius 3 is 2.00 bits per heavy atom. The fourth-order valence-corrected chi connectivity index (χ4v) is 4.05. The van der Waals surface area contributed by atoms with Crippen molar-refractivity contribution in [2.45, 2.75) is 58.4 Å². The predicted octanol–water partition coefficient (Wildman–Crippen LogP) is 3.67. The van der Waals surface area contributed by atoms with Crippen LogP contribution in [0.4, 0.5) is 0 Å². The molecule has 0 radical (unpaired) electrons. The maximum atomic E-state index is 12.1. The van der Waals surface area contributed by atoms with Crippen molar-refractivity contribution in [1.29, 1.82) is 0 Å². The molecule has 0 fully saturated rings. The van der Waals surface area contributed by atoms with Gasteiger partial charge in [0.15, 0.2) is 0 Å². The average molecular weight is 297 g/mol. The summed E-state index contributed by atoms with van der Waals surface area (Å²) in [7, 11) is 0. The van der Waals surface area contributed by atoms with Gasteiger partial charge < -0.3 is 0 Å². The van der Waals surface area contributed by atoms with E-state index in [0.717, 1.165) is 25.7 Å². The molecular weight excluding hydrogens is 274 g/mol. The van der Waals surface area contributed by atoms with Crippen molar-refractivity contribution in [3.8, 4) is 0 Å². The molecular formula is C19H23NO2. The number of carbonyl (C=O) groups excluding carboxylic acids is 2. The van der Waals surface area contributed by atoms with Crippen LogP contribution < -0.4 is 0 Å². The highest BCUT2D eigenvalue weighted by Crippen LogP contribution is 2.49. The van der Waals surface area contributed by atoms with E-state index in [0.29, 0.717) is 5.92 Å². The van der Waals surface area contributed by atoms with E-state index in [1.807, 2.05) is 0 Å².